The van der Waals surface area contributed by atoms with Gasteiger partial charge in [-0.25, -0.2) is 5.84 Å². The Hall–Kier alpha value is -1.75. The monoisotopic (exact) mass is 192 g/mol. The number of benzene rings is 1. The molecule has 0 atom stereocenters. The third-order valence-corrected chi connectivity index (χ3v) is 2.08. The molecule has 1 heterocycles. The molecule has 1 aliphatic rings. The summed E-state index contributed by atoms with van der Waals surface area (Å²) in [5.41, 5.74) is 8.36. The fourth-order valence-electron chi connectivity index (χ4n) is 1.39. The van der Waals surface area contributed by atoms with E-state index < -0.39 is 0 Å². The number of nitrogens with two attached hydrogens (primary N) is 2. The fourth-order valence-corrected chi connectivity index (χ4v) is 1.39. The Morgan fingerprint density at radius 2 is 2.29 bits per heavy atom. The summed E-state index contributed by atoms with van der Waals surface area (Å²) in [6.45, 7) is 0.465. The van der Waals surface area contributed by atoms with Gasteiger partial charge in [0.05, 0.1) is 0 Å². The summed E-state index contributed by atoms with van der Waals surface area (Å²) >= 11 is 0. The Morgan fingerprint density at radius 3 is 3.00 bits per heavy atom. The van der Waals surface area contributed by atoms with E-state index in [0.717, 1.165) is 11.1 Å². The van der Waals surface area contributed by atoms with Crippen molar-refractivity contribution in [1.82, 2.24) is 5.01 Å². The molecule has 0 radical (unpaired) electrons. The van der Waals surface area contributed by atoms with Gasteiger partial charge in [-0.05, 0) is 12.1 Å². The van der Waals surface area contributed by atoms with Gasteiger partial charge in [-0.2, -0.15) is 0 Å². The van der Waals surface area contributed by atoms with Crippen LogP contribution in [0.1, 0.15) is 11.1 Å². The first-order valence-corrected chi connectivity index (χ1v) is 4.25. The number of oxime groups is 1. The first kappa shape index (κ1) is 8.83. The lowest BCUT2D eigenvalue weighted by Gasteiger charge is -2.21. The van der Waals surface area contributed by atoms with E-state index in [1.165, 1.54) is 5.01 Å². The Bertz CT molecular complexity index is 386. The summed E-state index contributed by atoms with van der Waals surface area (Å²) in [6, 6.07) is 5.60. The van der Waals surface area contributed by atoms with Crippen LogP contribution in [-0.2, 0) is 11.4 Å². The molecule has 0 amide bonds. The molecule has 0 spiro atoms. The lowest BCUT2D eigenvalue weighted by atomic mass is 10.1. The summed E-state index contributed by atoms with van der Waals surface area (Å²) in [7, 11) is 1.71. The highest BCUT2D eigenvalue weighted by Crippen LogP contribution is 2.20. The van der Waals surface area contributed by atoms with Crippen LogP contribution in [-0.4, -0.2) is 17.9 Å². The van der Waals surface area contributed by atoms with Crippen molar-refractivity contribution in [2.24, 2.45) is 11.0 Å². The molecule has 1 aliphatic heterocycles. The number of hydrogen-bond acceptors (Lipinski definition) is 5. The summed E-state index contributed by atoms with van der Waals surface area (Å²) in [6.07, 6.45) is 0. The van der Waals surface area contributed by atoms with Crippen molar-refractivity contribution in [3.63, 3.8) is 0 Å². The van der Waals surface area contributed by atoms with E-state index in [1.54, 1.807) is 7.05 Å². The average Bonchev–Trinajstić information content (AvgIpc) is 2.16. The van der Waals surface area contributed by atoms with Gasteiger partial charge < -0.3 is 10.6 Å². The zero-order chi connectivity index (χ0) is 10.1. The number of nitrogens with zero attached hydrogens (tertiary/aromatic N) is 2. The van der Waals surface area contributed by atoms with Crippen LogP contribution in [0.4, 0.5) is 5.69 Å². The van der Waals surface area contributed by atoms with Gasteiger partial charge in [0.15, 0.2) is 5.84 Å². The molecular formula is C9H12N4O. The van der Waals surface area contributed by atoms with Gasteiger partial charge in [-0.3, -0.25) is 5.01 Å². The van der Waals surface area contributed by atoms with Crippen molar-refractivity contribution in [1.29, 1.82) is 0 Å². The Kier molecular flexibility index (Phi) is 2.01. The molecule has 4 N–H and O–H groups in total. The number of hydrogen-bond donors (Lipinski definition) is 2. The Labute approximate surface area is 81.9 Å². The van der Waals surface area contributed by atoms with Gasteiger partial charge in [0.25, 0.3) is 0 Å². The molecular weight excluding hydrogens is 180 g/mol. The third-order valence-electron chi connectivity index (χ3n) is 2.08. The number of anilines is 1. The molecule has 0 bridgehead atoms. The minimum atomic E-state index is 0.465. The molecule has 0 saturated heterocycles. The molecule has 2 rings (SSSR count). The van der Waals surface area contributed by atoms with Crippen LogP contribution >= 0.6 is 0 Å². The van der Waals surface area contributed by atoms with Crippen molar-refractivity contribution in [3.05, 3.63) is 29.3 Å². The van der Waals surface area contributed by atoms with Crippen molar-refractivity contribution < 1.29 is 4.84 Å². The average molecular weight is 192 g/mol. The van der Waals surface area contributed by atoms with Gasteiger partial charge in [0, 0.05) is 23.9 Å². The maximum absolute atomic E-state index is 5.69. The Morgan fingerprint density at radius 1 is 1.50 bits per heavy atom. The SMILES string of the molecule is CN(N)C1=NOCc2ccc(N)cc21. The second kappa shape index (κ2) is 3.19. The molecule has 5 nitrogen and oxygen atoms in total. The second-order valence-corrected chi connectivity index (χ2v) is 3.22. The summed E-state index contributed by atoms with van der Waals surface area (Å²) in [5, 5.41) is 5.29. The maximum atomic E-state index is 5.69. The van der Waals surface area contributed by atoms with Crippen LogP contribution in [0, 0.1) is 0 Å². The molecule has 14 heavy (non-hydrogen) atoms. The largest absolute Gasteiger partial charge is 0.399 e. The normalized spacial score (nSPS) is 14.0. The fraction of sp³-hybridized carbons (Fsp3) is 0.222. The molecule has 74 valence electrons. The summed E-state index contributed by atoms with van der Waals surface area (Å²) < 4.78 is 0. The van der Waals surface area contributed by atoms with Crippen molar-refractivity contribution in [2.75, 3.05) is 12.8 Å². The summed E-state index contributed by atoms with van der Waals surface area (Å²) in [5.74, 6) is 6.21. The predicted octanol–water partition coefficient (Wildman–Crippen LogP) is 0.266. The maximum Gasteiger partial charge on any atom is 0.189 e. The Balaban J connectivity index is 2.51. The molecule has 1 aromatic carbocycles. The molecule has 5 heteroatoms. The molecule has 0 aliphatic carbocycles. The van der Waals surface area contributed by atoms with Crippen LogP contribution in [0.3, 0.4) is 0 Å². The van der Waals surface area contributed by atoms with E-state index in [-0.39, 0.29) is 0 Å². The molecule has 0 saturated carbocycles. The first-order chi connectivity index (χ1) is 6.68. The first-order valence-electron chi connectivity index (χ1n) is 4.25. The lowest BCUT2D eigenvalue weighted by molar-refractivity contribution is 0.121. The number of hydrazine groups is 1. The van der Waals surface area contributed by atoms with E-state index in [0.29, 0.717) is 18.1 Å². The number of fused-ring (bicyclic) bond motifs is 1. The minimum Gasteiger partial charge on any atom is -0.399 e. The molecule has 0 unspecified atom stereocenters. The number of nitrogen functional groups attached to an aromatic ring is 1. The quantitative estimate of drug-likeness (QED) is 0.351. The predicted molar refractivity (Wildman–Crippen MR) is 54.1 cm³/mol. The van der Waals surface area contributed by atoms with Crippen LogP contribution < -0.4 is 11.6 Å². The molecule has 0 fully saturated rings. The molecule has 1 aromatic rings. The van der Waals surface area contributed by atoms with Crippen LogP contribution in [0.2, 0.25) is 0 Å². The van der Waals surface area contributed by atoms with E-state index >= 15 is 0 Å². The summed E-state index contributed by atoms with van der Waals surface area (Å²) in [4.78, 5) is 5.04. The van der Waals surface area contributed by atoms with E-state index in [9.17, 15) is 0 Å². The second-order valence-electron chi connectivity index (χ2n) is 3.22. The van der Waals surface area contributed by atoms with Crippen LogP contribution in [0.5, 0.6) is 0 Å². The zero-order valence-corrected chi connectivity index (χ0v) is 7.90. The van der Waals surface area contributed by atoms with Gasteiger partial charge in [0.1, 0.15) is 6.61 Å². The molecule has 0 aromatic heterocycles. The van der Waals surface area contributed by atoms with Gasteiger partial charge in [-0.15, -0.1) is 0 Å². The van der Waals surface area contributed by atoms with Crippen LogP contribution in [0.15, 0.2) is 23.4 Å². The van der Waals surface area contributed by atoms with E-state index in [4.69, 9.17) is 16.4 Å². The van der Waals surface area contributed by atoms with Crippen molar-refractivity contribution in [2.45, 2.75) is 6.61 Å². The van der Waals surface area contributed by atoms with Crippen molar-refractivity contribution in [3.8, 4) is 0 Å². The number of amidine groups is 1. The highest BCUT2D eigenvalue weighted by molar-refractivity contribution is 6.00. The zero-order valence-electron chi connectivity index (χ0n) is 7.90. The van der Waals surface area contributed by atoms with Gasteiger partial charge >= 0.3 is 0 Å². The highest BCUT2D eigenvalue weighted by Gasteiger charge is 2.17. The topological polar surface area (TPSA) is 76.9 Å². The van der Waals surface area contributed by atoms with E-state index in [1.807, 2.05) is 18.2 Å². The third kappa shape index (κ3) is 1.38. The van der Waals surface area contributed by atoms with Gasteiger partial charge in [0.2, 0.25) is 0 Å². The number of rotatable bonds is 0. The standard InChI is InChI=1S/C9H12N4O/c1-13(11)9-8-4-7(10)3-2-6(8)5-14-12-9/h2-4H,5,10-11H2,1H3. The lowest BCUT2D eigenvalue weighted by Crippen LogP contribution is -2.36. The smallest absolute Gasteiger partial charge is 0.189 e. The van der Waals surface area contributed by atoms with Crippen LogP contribution in [0.25, 0.3) is 0 Å². The van der Waals surface area contributed by atoms with Gasteiger partial charge in [-0.1, -0.05) is 11.2 Å². The highest BCUT2D eigenvalue weighted by atomic mass is 16.6. The van der Waals surface area contributed by atoms with Crippen molar-refractivity contribution >= 4 is 11.5 Å². The van der Waals surface area contributed by atoms with E-state index in [2.05, 4.69) is 5.16 Å². The minimum absolute atomic E-state index is 0.465.